The van der Waals surface area contributed by atoms with Crippen molar-refractivity contribution in [2.45, 2.75) is 25.4 Å². The molecule has 0 heterocycles. The zero-order chi connectivity index (χ0) is 15.0. The third-order valence-corrected chi connectivity index (χ3v) is 2.70. The number of benzene rings is 1. The average molecular weight is 283 g/mol. The van der Waals surface area contributed by atoms with Gasteiger partial charge in [0.05, 0.1) is 24.2 Å². The first-order valence-electron chi connectivity index (χ1n) is 6.25. The second kappa shape index (κ2) is 8.23. The molecule has 7 heteroatoms. The first kappa shape index (κ1) is 16.1. The second-order valence-corrected chi connectivity index (χ2v) is 4.24. The molecule has 0 spiro atoms. The highest BCUT2D eigenvalue weighted by Crippen LogP contribution is 2.18. The van der Waals surface area contributed by atoms with E-state index >= 15 is 0 Å². The maximum atomic E-state index is 11.7. The van der Waals surface area contributed by atoms with E-state index in [0.29, 0.717) is 19.3 Å². The number of aliphatic hydroxyl groups is 2. The Kier molecular flexibility index (Phi) is 6.61. The molecule has 110 valence electrons. The molecule has 1 aromatic carbocycles. The lowest BCUT2D eigenvalue weighted by atomic mass is 10.1. The fraction of sp³-hybridized carbons (Fsp3) is 0.462. The van der Waals surface area contributed by atoms with Crippen molar-refractivity contribution in [2.24, 2.45) is 0 Å². The fourth-order valence-electron chi connectivity index (χ4n) is 1.62. The van der Waals surface area contributed by atoms with E-state index in [-0.39, 0.29) is 24.5 Å². The van der Waals surface area contributed by atoms with Crippen molar-refractivity contribution in [1.29, 1.82) is 0 Å². The van der Waals surface area contributed by atoms with Crippen LogP contribution in [0, 0.1) is 10.1 Å². The Morgan fingerprint density at radius 3 is 2.70 bits per heavy atom. The number of hydrogen-bond acceptors (Lipinski definition) is 6. The van der Waals surface area contributed by atoms with Gasteiger partial charge in [0.2, 0.25) is 0 Å². The molecule has 20 heavy (non-hydrogen) atoms. The van der Waals surface area contributed by atoms with Gasteiger partial charge in [0.1, 0.15) is 5.56 Å². The van der Waals surface area contributed by atoms with E-state index in [1.54, 1.807) is 0 Å². The molecule has 0 radical (unpaired) electrons. The Balaban J connectivity index is 2.42. The highest BCUT2D eigenvalue weighted by molar-refractivity contribution is 5.93. The van der Waals surface area contributed by atoms with Crippen LogP contribution >= 0.6 is 0 Å². The van der Waals surface area contributed by atoms with Crippen molar-refractivity contribution >= 4 is 11.7 Å². The van der Waals surface area contributed by atoms with Crippen molar-refractivity contribution in [3.05, 3.63) is 39.9 Å². The third-order valence-electron chi connectivity index (χ3n) is 2.70. The van der Waals surface area contributed by atoms with Crippen molar-refractivity contribution in [1.82, 2.24) is 0 Å². The number of unbranched alkanes of at least 4 members (excludes halogenated alkanes) is 1. The summed E-state index contributed by atoms with van der Waals surface area (Å²) in [6.45, 7) is -0.182. The molecule has 0 unspecified atom stereocenters. The number of hydrogen-bond donors (Lipinski definition) is 2. The van der Waals surface area contributed by atoms with Gasteiger partial charge < -0.3 is 14.9 Å². The van der Waals surface area contributed by atoms with Crippen molar-refractivity contribution in [3.63, 3.8) is 0 Å². The first-order valence-corrected chi connectivity index (χ1v) is 6.25. The molecular formula is C13H17NO6. The molecule has 1 rings (SSSR count). The van der Waals surface area contributed by atoms with Gasteiger partial charge in [-0.1, -0.05) is 12.1 Å². The quantitative estimate of drug-likeness (QED) is 0.322. The Hall–Kier alpha value is -1.99. The van der Waals surface area contributed by atoms with E-state index in [0.717, 1.165) is 0 Å². The number of aliphatic hydroxyl groups excluding tert-OH is 2. The molecule has 0 bridgehead atoms. The summed E-state index contributed by atoms with van der Waals surface area (Å²) < 4.78 is 4.95. The van der Waals surface area contributed by atoms with Gasteiger partial charge in [-0.2, -0.15) is 0 Å². The Bertz CT molecular complexity index is 462. The van der Waals surface area contributed by atoms with Crippen LogP contribution in [0.1, 0.15) is 29.6 Å². The summed E-state index contributed by atoms with van der Waals surface area (Å²) in [6.07, 6.45) is 0.760. The minimum atomic E-state index is -0.763. The van der Waals surface area contributed by atoms with Crippen LogP contribution in [0.25, 0.3) is 0 Å². The van der Waals surface area contributed by atoms with Crippen LogP contribution in [0.4, 0.5) is 5.69 Å². The SMILES string of the molecule is O=C(OCCCC[C@@H](O)CO)c1ccccc1[N+](=O)[O-]. The van der Waals surface area contributed by atoms with Crippen LogP contribution in [-0.4, -0.2) is 40.4 Å². The highest BCUT2D eigenvalue weighted by atomic mass is 16.6. The van der Waals surface area contributed by atoms with Gasteiger partial charge in [0.25, 0.3) is 5.69 Å². The lowest BCUT2D eigenvalue weighted by Crippen LogP contribution is -2.12. The van der Waals surface area contributed by atoms with Gasteiger partial charge in [-0.25, -0.2) is 4.79 Å². The molecule has 0 aliphatic rings. The van der Waals surface area contributed by atoms with E-state index in [4.69, 9.17) is 14.9 Å². The number of nitrogens with zero attached hydrogens (tertiary/aromatic N) is 1. The summed E-state index contributed by atoms with van der Waals surface area (Å²) >= 11 is 0. The average Bonchev–Trinajstić information content (AvgIpc) is 2.46. The number of nitro benzene ring substituents is 1. The molecular weight excluding hydrogens is 266 g/mol. The normalized spacial score (nSPS) is 11.9. The number of carbonyl (C=O) groups excluding carboxylic acids is 1. The molecule has 0 amide bonds. The fourth-order valence-corrected chi connectivity index (χ4v) is 1.62. The lowest BCUT2D eigenvalue weighted by molar-refractivity contribution is -0.385. The minimum Gasteiger partial charge on any atom is -0.462 e. The van der Waals surface area contributed by atoms with Crippen LogP contribution < -0.4 is 0 Å². The molecule has 0 aromatic heterocycles. The van der Waals surface area contributed by atoms with Crippen LogP contribution in [0.3, 0.4) is 0 Å². The van der Waals surface area contributed by atoms with E-state index in [1.165, 1.54) is 24.3 Å². The van der Waals surface area contributed by atoms with Crippen LogP contribution in [0.5, 0.6) is 0 Å². The van der Waals surface area contributed by atoms with Gasteiger partial charge in [-0.15, -0.1) is 0 Å². The molecule has 0 aliphatic heterocycles. The van der Waals surface area contributed by atoms with Gasteiger partial charge >= 0.3 is 5.97 Å². The van der Waals surface area contributed by atoms with Crippen molar-refractivity contribution < 1.29 is 24.7 Å². The van der Waals surface area contributed by atoms with Crippen molar-refractivity contribution in [3.8, 4) is 0 Å². The van der Waals surface area contributed by atoms with Crippen molar-refractivity contribution in [2.75, 3.05) is 13.2 Å². The number of para-hydroxylation sites is 1. The third kappa shape index (κ3) is 4.94. The summed E-state index contributed by atoms with van der Waals surface area (Å²) in [5.74, 6) is -0.736. The van der Waals surface area contributed by atoms with E-state index in [1.807, 2.05) is 0 Å². The highest BCUT2D eigenvalue weighted by Gasteiger charge is 2.20. The molecule has 0 saturated heterocycles. The van der Waals surface area contributed by atoms with Gasteiger partial charge in [-0.05, 0) is 25.3 Å². The summed E-state index contributed by atoms with van der Waals surface area (Å²) in [4.78, 5) is 21.8. The molecule has 1 aromatic rings. The lowest BCUT2D eigenvalue weighted by Gasteiger charge is -2.07. The predicted octanol–water partition coefficient (Wildman–Crippen LogP) is 1.28. The topological polar surface area (TPSA) is 110 Å². The Morgan fingerprint density at radius 2 is 2.05 bits per heavy atom. The van der Waals surface area contributed by atoms with Crippen LogP contribution in [0.2, 0.25) is 0 Å². The number of nitro groups is 1. The Labute approximate surface area is 116 Å². The van der Waals surface area contributed by atoms with E-state index in [9.17, 15) is 14.9 Å². The Morgan fingerprint density at radius 1 is 1.35 bits per heavy atom. The van der Waals surface area contributed by atoms with Gasteiger partial charge in [-0.3, -0.25) is 10.1 Å². The second-order valence-electron chi connectivity index (χ2n) is 4.24. The molecule has 0 aliphatic carbocycles. The van der Waals surface area contributed by atoms with Gasteiger partial charge in [0, 0.05) is 6.07 Å². The minimum absolute atomic E-state index is 0.0760. The zero-order valence-corrected chi connectivity index (χ0v) is 10.9. The number of ether oxygens (including phenoxy) is 1. The first-order chi connectivity index (χ1) is 9.56. The number of esters is 1. The summed E-state index contributed by atoms with van der Waals surface area (Å²) in [6, 6.07) is 5.59. The zero-order valence-electron chi connectivity index (χ0n) is 10.9. The molecule has 0 saturated carbocycles. The summed E-state index contributed by atoms with van der Waals surface area (Å²) in [5, 5.41) is 28.5. The van der Waals surface area contributed by atoms with E-state index in [2.05, 4.69) is 0 Å². The largest absolute Gasteiger partial charge is 0.462 e. The monoisotopic (exact) mass is 283 g/mol. The molecule has 2 N–H and O–H groups in total. The summed E-state index contributed by atoms with van der Waals surface area (Å²) in [5.41, 5.74) is -0.360. The number of rotatable bonds is 8. The molecule has 7 nitrogen and oxygen atoms in total. The summed E-state index contributed by atoms with van der Waals surface area (Å²) in [7, 11) is 0. The van der Waals surface area contributed by atoms with Crippen LogP contribution in [-0.2, 0) is 4.74 Å². The predicted molar refractivity (Wildman–Crippen MR) is 70.3 cm³/mol. The maximum absolute atomic E-state index is 11.7. The standard InChI is InChI=1S/C13H17NO6/c15-9-10(16)5-3-4-8-20-13(17)11-6-1-2-7-12(11)14(18)19/h1-2,6-7,10,15-16H,3-5,8-9H2/t10-/m1/s1. The molecule has 0 fully saturated rings. The number of carbonyl (C=O) groups is 1. The molecule has 1 atom stereocenters. The smallest absolute Gasteiger partial charge is 0.345 e. The maximum Gasteiger partial charge on any atom is 0.345 e. The van der Waals surface area contributed by atoms with E-state index < -0.39 is 17.0 Å². The van der Waals surface area contributed by atoms with Gasteiger partial charge in [0.15, 0.2) is 0 Å². The van der Waals surface area contributed by atoms with Crippen LogP contribution in [0.15, 0.2) is 24.3 Å².